The van der Waals surface area contributed by atoms with Gasteiger partial charge in [0.2, 0.25) is 0 Å². The second-order valence-corrected chi connectivity index (χ2v) is 5.04. The van der Waals surface area contributed by atoms with E-state index in [2.05, 4.69) is 16.4 Å². The third kappa shape index (κ3) is 3.46. The lowest BCUT2D eigenvalue weighted by Crippen LogP contribution is -2.04. The van der Waals surface area contributed by atoms with E-state index in [-0.39, 0.29) is 0 Å². The maximum absolute atomic E-state index is 6.10. The molecule has 1 aromatic heterocycles. The number of rotatable bonds is 4. The SMILES string of the molecule is CNCc1ccc(Sc2ccccc2Cl)nc1. The summed E-state index contributed by atoms with van der Waals surface area (Å²) in [5.74, 6) is 0. The highest BCUT2D eigenvalue weighted by Crippen LogP contribution is 2.31. The molecule has 2 aromatic rings. The number of pyridine rings is 1. The number of nitrogens with zero attached hydrogens (tertiary/aromatic N) is 1. The molecule has 0 saturated carbocycles. The summed E-state index contributed by atoms with van der Waals surface area (Å²) in [4.78, 5) is 5.43. The summed E-state index contributed by atoms with van der Waals surface area (Å²) >= 11 is 7.67. The van der Waals surface area contributed by atoms with Crippen LogP contribution in [-0.4, -0.2) is 12.0 Å². The molecular weight excluding hydrogens is 252 g/mol. The van der Waals surface area contributed by atoms with E-state index in [1.165, 1.54) is 5.56 Å². The van der Waals surface area contributed by atoms with Crippen molar-refractivity contribution in [3.63, 3.8) is 0 Å². The van der Waals surface area contributed by atoms with Gasteiger partial charge < -0.3 is 5.32 Å². The van der Waals surface area contributed by atoms with E-state index < -0.39 is 0 Å². The van der Waals surface area contributed by atoms with Gasteiger partial charge in [-0.15, -0.1) is 0 Å². The molecule has 0 fully saturated rings. The van der Waals surface area contributed by atoms with Crippen LogP contribution < -0.4 is 5.32 Å². The maximum Gasteiger partial charge on any atom is 0.101 e. The van der Waals surface area contributed by atoms with Crippen LogP contribution in [0, 0.1) is 0 Å². The highest BCUT2D eigenvalue weighted by atomic mass is 35.5. The average molecular weight is 265 g/mol. The quantitative estimate of drug-likeness (QED) is 0.913. The van der Waals surface area contributed by atoms with Gasteiger partial charge in [-0.05, 0) is 30.8 Å². The average Bonchev–Trinajstić information content (AvgIpc) is 2.35. The van der Waals surface area contributed by atoms with Crippen LogP contribution in [0.3, 0.4) is 0 Å². The summed E-state index contributed by atoms with van der Waals surface area (Å²) < 4.78 is 0. The Labute approximate surface area is 110 Å². The Morgan fingerprint density at radius 2 is 2.06 bits per heavy atom. The molecule has 0 radical (unpaired) electrons. The summed E-state index contributed by atoms with van der Waals surface area (Å²) in [6, 6.07) is 11.9. The molecule has 0 aliphatic heterocycles. The minimum Gasteiger partial charge on any atom is -0.316 e. The summed E-state index contributed by atoms with van der Waals surface area (Å²) in [6.07, 6.45) is 1.88. The second kappa shape index (κ2) is 6.05. The van der Waals surface area contributed by atoms with Crippen molar-refractivity contribution in [3.8, 4) is 0 Å². The molecule has 1 heterocycles. The van der Waals surface area contributed by atoms with Crippen LogP contribution in [0.25, 0.3) is 0 Å². The van der Waals surface area contributed by atoms with Gasteiger partial charge >= 0.3 is 0 Å². The molecule has 2 rings (SSSR count). The standard InChI is InChI=1S/C13H13ClN2S/c1-15-8-10-6-7-13(16-9-10)17-12-5-3-2-4-11(12)14/h2-7,9,15H,8H2,1H3. The smallest absolute Gasteiger partial charge is 0.101 e. The Morgan fingerprint density at radius 1 is 1.24 bits per heavy atom. The molecule has 1 N–H and O–H groups in total. The first kappa shape index (κ1) is 12.4. The van der Waals surface area contributed by atoms with Gasteiger partial charge in [-0.3, -0.25) is 0 Å². The first-order valence-electron chi connectivity index (χ1n) is 5.31. The molecule has 0 saturated heterocycles. The Kier molecular flexibility index (Phi) is 4.42. The number of nitrogens with one attached hydrogen (secondary N) is 1. The lowest BCUT2D eigenvalue weighted by molar-refractivity contribution is 0.809. The van der Waals surface area contributed by atoms with E-state index >= 15 is 0 Å². The van der Waals surface area contributed by atoms with Crippen LogP contribution in [0.4, 0.5) is 0 Å². The Bertz CT molecular complexity index is 485. The Hall–Kier alpha value is -1.03. The number of aromatic nitrogens is 1. The fraction of sp³-hybridized carbons (Fsp3) is 0.154. The third-order valence-corrected chi connectivity index (χ3v) is 3.70. The van der Waals surface area contributed by atoms with Gasteiger partial charge in [-0.25, -0.2) is 4.98 Å². The highest BCUT2D eigenvalue weighted by molar-refractivity contribution is 7.99. The molecule has 17 heavy (non-hydrogen) atoms. The van der Waals surface area contributed by atoms with E-state index in [4.69, 9.17) is 11.6 Å². The lowest BCUT2D eigenvalue weighted by Gasteiger charge is -2.04. The predicted octanol–water partition coefficient (Wildman–Crippen LogP) is 3.61. The normalized spacial score (nSPS) is 10.5. The number of halogens is 1. The molecule has 4 heteroatoms. The van der Waals surface area contributed by atoms with Crippen molar-refractivity contribution in [2.75, 3.05) is 7.05 Å². The van der Waals surface area contributed by atoms with E-state index in [0.717, 1.165) is 21.5 Å². The minimum absolute atomic E-state index is 0.763. The fourth-order valence-corrected chi connectivity index (χ4v) is 2.45. The molecule has 0 aliphatic carbocycles. The van der Waals surface area contributed by atoms with E-state index in [0.29, 0.717) is 0 Å². The Morgan fingerprint density at radius 3 is 2.71 bits per heavy atom. The number of hydrogen-bond acceptors (Lipinski definition) is 3. The molecule has 2 nitrogen and oxygen atoms in total. The molecule has 1 aromatic carbocycles. The molecule has 0 atom stereocenters. The number of hydrogen-bond donors (Lipinski definition) is 1. The van der Waals surface area contributed by atoms with Gasteiger partial charge in [0.1, 0.15) is 5.03 Å². The predicted molar refractivity (Wildman–Crippen MR) is 72.6 cm³/mol. The lowest BCUT2D eigenvalue weighted by atomic mass is 10.3. The topological polar surface area (TPSA) is 24.9 Å². The first-order chi connectivity index (χ1) is 8.29. The van der Waals surface area contributed by atoms with Crippen LogP contribution >= 0.6 is 23.4 Å². The van der Waals surface area contributed by atoms with Gasteiger partial charge in [0, 0.05) is 17.6 Å². The minimum atomic E-state index is 0.763. The largest absolute Gasteiger partial charge is 0.316 e. The zero-order chi connectivity index (χ0) is 12.1. The zero-order valence-corrected chi connectivity index (χ0v) is 11.1. The van der Waals surface area contributed by atoms with E-state index in [9.17, 15) is 0 Å². The summed E-state index contributed by atoms with van der Waals surface area (Å²) in [6.45, 7) is 0.837. The monoisotopic (exact) mass is 264 g/mol. The zero-order valence-electron chi connectivity index (χ0n) is 9.48. The third-order valence-electron chi connectivity index (χ3n) is 2.23. The van der Waals surface area contributed by atoms with Crippen molar-refractivity contribution in [2.24, 2.45) is 0 Å². The molecule has 0 bridgehead atoms. The second-order valence-electron chi connectivity index (χ2n) is 3.57. The fourth-order valence-electron chi connectivity index (χ4n) is 1.42. The van der Waals surface area contributed by atoms with Crippen LogP contribution in [0.5, 0.6) is 0 Å². The maximum atomic E-state index is 6.10. The van der Waals surface area contributed by atoms with Gasteiger partial charge in [0.05, 0.1) is 5.02 Å². The molecule has 0 unspecified atom stereocenters. The van der Waals surface area contributed by atoms with Gasteiger partial charge in [-0.1, -0.05) is 41.6 Å². The molecular formula is C13H13ClN2S. The van der Waals surface area contributed by atoms with Crippen LogP contribution in [-0.2, 0) is 6.54 Å². The van der Waals surface area contributed by atoms with Crippen molar-refractivity contribution in [2.45, 2.75) is 16.5 Å². The summed E-state index contributed by atoms with van der Waals surface area (Å²) in [7, 11) is 1.92. The Balaban J connectivity index is 2.11. The molecule has 0 aliphatic rings. The highest BCUT2D eigenvalue weighted by Gasteiger charge is 2.02. The number of benzene rings is 1. The van der Waals surface area contributed by atoms with E-state index in [1.54, 1.807) is 11.8 Å². The van der Waals surface area contributed by atoms with Crippen molar-refractivity contribution in [1.29, 1.82) is 0 Å². The van der Waals surface area contributed by atoms with Gasteiger partial charge in [0.15, 0.2) is 0 Å². The summed E-state index contributed by atoms with van der Waals surface area (Å²) in [5, 5.41) is 4.81. The van der Waals surface area contributed by atoms with Crippen molar-refractivity contribution in [3.05, 3.63) is 53.2 Å². The molecule has 0 spiro atoms. The van der Waals surface area contributed by atoms with Crippen molar-refractivity contribution < 1.29 is 0 Å². The van der Waals surface area contributed by atoms with Crippen LogP contribution in [0.1, 0.15) is 5.56 Å². The first-order valence-corrected chi connectivity index (χ1v) is 6.51. The van der Waals surface area contributed by atoms with Gasteiger partial charge in [-0.2, -0.15) is 0 Å². The summed E-state index contributed by atoms with van der Waals surface area (Å²) in [5.41, 5.74) is 1.18. The van der Waals surface area contributed by atoms with Crippen LogP contribution in [0.2, 0.25) is 5.02 Å². The molecule has 0 amide bonds. The van der Waals surface area contributed by atoms with Crippen molar-refractivity contribution >= 4 is 23.4 Å². The van der Waals surface area contributed by atoms with E-state index in [1.807, 2.05) is 43.6 Å². The van der Waals surface area contributed by atoms with Crippen LogP contribution in [0.15, 0.2) is 52.5 Å². The van der Waals surface area contributed by atoms with Crippen molar-refractivity contribution in [1.82, 2.24) is 10.3 Å². The molecule has 88 valence electrons. The van der Waals surface area contributed by atoms with Gasteiger partial charge in [0.25, 0.3) is 0 Å².